The summed E-state index contributed by atoms with van der Waals surface area (Å²) in [6.07, 6.45) is 0.818. The number of amides is 1. The summed E-state index contributed by atoms with van der Waals surface area (Å²) >= 11 is 0. The maximum absolute atomic E-state index is 11.9. The van der Waals surface area contributed by atoms with Crippen LogP contribution in [0.2, 0.25) is 0 Å². The molecule has 5 nitrogen and oxygen atoms in total. The van der Waals surface area contributed by atoms with Crippen LogP contribution in [-0.2, 0) is 0 Å². The van der Waals surface area contributed by atoms with Crippen LogP contribution in [0, 0.1) is 0 Å². The molecule has 25 heavy (non-hydrogen) atoms. The average Bonchev–Trinajstić information content (AvgIpc) is 2.67. The number of hydrogen-bond acceptors (Lipinski definition) is 2. The molecular formula is C20H26N4O. The van der Waals surface area contributed by atoms with Gasteiger partial charge in [-0.3, -0.25) is 9.79 Å². The number of carbonyl (C=O) groups is 1. The van der Waals surface area contributed by atoms with E-state index in [1.54, 1.807) is 7.05 Å². The van der Waals surface area contributed by atoms with Gasteiger partial charge < -0.3 is 16.0 Å². The van der Waals surface area contributed by atoms with Crippen molar-refractivity contribution in [2.75, 3.05) is 20.1 Å². The lowest BCUT2D eigenvalue weighted by Gasteiger charge is -2.18. The summed E-state index contributed by atoms with van der Waals surface area (Å²) in [4.78, 5) is 16.2. The lowest BCUT2D eigenvalue weighted by molar-refractivity contribution is 0.0953. The first-order chi connectivity index (χ1) is 12.2. The van der Waals surface area contributed by atoms with E-state index in [9.17, 15) is 4.79 Å². The molecule has 1 unspecified atom stereocenters. The summed E-state index contributed by atoms with van der Waals surface area (Å²) in [6, 6.07) is 19.6. The van der Waals surface area contributed by atoms with Crippen LogP contribution in [0.1, 0.15) is 35.3 Å². The molecule has 0 fully saturated rings. The first kappa shape index (κ1) is 18.5. The topological polar surface area (TPSA) is 65.5 Å². The molecular weight excluding hydrogens is 312 g/mol. The Balaban J connectivity index is 1.67. The maximum Gasteiger partial charge on any atom is 0.251 e. The molecule has 0 radical (unpaired) electrons. The molecule has 0 spiro atoms. The third-order valence-corrected chi connectivity index (χ3v) is 3.84. The van der Waals surface area contributed by atoms with Crippen molar-refractivity contribution < 1.29 is 4.79 Å². The molecule has 0 aromatic heterocycles. The Kier molecular flexibility index (Phi) is 7.50. The molecule has 2 aromatic carbocycles. The van der Waals surface area contributed by atoms with Crippen molar-refractivity contribution in [1.82, 2.24) is 16.0 Å². The third kappa shape index (κ3) is 6.30. The Morgan fingerprint density at radius 1 is 0.960 bits per heavy atom. The Bertz CT molecular complexity index is 671. The van der Waals surface area contributed by atoms with E-state index in [0.29, 0.717) is 12.1 Å². The van der Waals surface area contributed by atoms with E-state index in [2.05, 4.69) is 40.0 Å². The summed E-state index contributed by atoms with van der Waals surface area (Å²) < 4.78 is 0. The van der Waals surface area contributed by atoms with Crippen molar-refractivity contribution in [3.8, 4) is 0 Å². The van der Waals surface area contributed by atoms with Crippen LogP contribution in [0.3, 0.4) is 0 Å². The van der Waals surface area contributed by atoms with Crippen LogP contribution in [0.15, 0.2) is 65.7 Å². The highest BCUT2D eigenvalue weighted by atomic mass is 16.1. The van der Waals surface area contributed by atoms with Gasteiger partial charge >= 0.3 is 0 Å². The second-order valence-electron chi connectivity index (χ2n) is 5.75. The first-order valence-corrected chi connectivity index (χ1v) is 8.56. The zero-order chi connectivity index (χ0) is 17.9. The Morgan fingerprint density at radius 2 is 1.56 bits per heavy atom. The molecule has 0 aliphatic rings. The monoisotopic (exact) mass is 338 g/mol. The molecule has 2 aromatic rings. The zero-order valence-corrected chi connectivity index (χ0v) is 14.8. The van der Waals surface area contributed by atoms with Crippen molar-refractivity contribution in [2.24, 2.45) is 4.99 Å². The largest absolute Gasteiger partial charge is 0.356 e. The third-order valence-electron chi connectivity index (χ3n) is 3.84. The van der Waals surface area contributed by atoms with Crippen molar-refractivity contribution in [2.45, 2.75) is 19.4 Å². The van der Waals surface area contributed by atoms with Gasteiger partial charge in [0.1, 0.15) is 0 Å². The average molecular weight is 338 g/mol. The van der Waals surface area contributed by atoms with Gasteiger partial charge in [-0.05, 0) is 31.0 Å². The van der Waals surface area contributed by atoms with Crippen LogP contribution in [0.25, 0.3) is 0 Å². The van der Waals surface area contributed by atoms with Crippen LogP contribution in [0.5, 0.6) is 0 Å². The molecule has 0 aliphatic carbocycles. The van der Waals surface area contributed by atoms with Crippen LogP contribution < -0.4 is 16.0 Å². The molecule has 132 valence electrons. The predicted molar refractivity (Wildman–Crippen MR) is 103 cm³/mol. The molecule has 0 saturated carbocycles. The lowest BCUT2D eigenvalue weighted by atomic mass is 10.1. The van der Waals surface area contributed by atoms with Gasteiger partial charge in [0, 0.05) is 25.7 Å². The zero-order valence-electron chi connectivity index (χ0n) is 14.8. The normalized spacial score (nSPS) is 12.3. The Morgan fingerprint density at radius 3 is 2.20 bits per heavy atom. The van der Waals surface area contributed by atoms with Crippen LogP contribution in [-0.4, -0.2) is 32.0 Å². The Labute approximate surface area is 149 Å². The van der Waals surface area contributed by atoms with Gasteiger partial charge in [0.2, 0.25) is 0 Å². The fourth-order valence-corrected chi connectivity index (χ4v) is 2.41. The number of nitrogens with zero attached hydrogens (tertiary/aromatic N) is 1. The second-order valence-corrected chi connectivity index (χ2v) is 5.75. The second kappa shape index (κ2) is 10.1. The Hall–Kier alpha value is -2.82. The minimum atomic E-state index is -0.0409. The number of aliphatic imine (C=N–C) groups is 1. The fourth-order valence-electron chi connectivity index (χ4n) is 2.41. The first-order valence-electron chi connectivity index (χ1n) is 8.56. The van der Waals surface area contributed by atoms with E-state index in [0.717, 1.165) is 18.9 Å². The van der Waals surface area contributed by atoms with E-state index >= 15 is 0 Å². The predicted octanol–water partition coefficient (Wildman–Crippen LogP) is 2.73. The molecule has 3 N–H and O–H groups in total. The molecule has 0 bridgehead atoms. The van der Waals surface area contributed by atoms with Crippen molar-refractivity contribution in [3.63, 3.8) is 0 Å². The van der Waals surface area contributed by atoms with Crippen molar-refractivity contribution >= 4 is 11.9 Å². The number of guanidine groups is 1. The summed E-state index contributed by atoms with van der Waals surface area (Å²) in [5.74, 6) is 0.714. The van der Waals surface area contributed by atoms with E-state index in [-0.39, 0.29) is 11.9 Å². The minimum Gasteiger partial charge on any atom is -0.356 e. The number of rotatable bonds is 7. The van der Waals surface area contributed by atoms with Gasteiger partial charge in [-0.25, -0.2) is 0 Å². The van der Waals surface area contributed by atoms with E-state index < -0.39 is 0 Å². The SMILES string of the molecule is CN=C(NCCCNC(=O)c1ccccc1)NC(C)c1ccccc1. The summed E-state index contributed by atoms with van der Waals surface area (Å²) in [7, 11) is 1.75. The molecule has 0 heterocycles. The van der Waals surface area contributed by atoms with Crippen LogP contribution in [0.4, 0.5) is 0 Å². The van der Waals surface area contributed by atoms with E-state index in [1.807, 2.05) is 48.5 Å². The highest BCUT2D eigenvalue weighted by Crippen LogP contribution is 2.10. The van der Waals surface area contributed by atoms with E-state index in [1.165, 1.54) is 5.56 Å². The molecule has 1 amide bonds. The van der Waals surface area contributed by atoms with Gasteiger partial charge in [0.25, 0.3) is 5.91 Å². The molecule has 1 atom stereocenters. The summed E-state index contributed by atoms with van der Waals surface area (Å²) in [5, 5.41) is 9.55. The fraction of sp³-hybridized carbons (Fsp3) is 0.300. The van der Waals surface area contributed by atoms with Crippen molar-refractivity contribution in [3.05, 3.63) is 71.8 Å². The van der Waals surface area contributed by atoms with Gasteiger partial charge in [-0.15, -0.1) is 0 Å². The van der Waals surface area contributed by atoms with Gasteiger partial charge in [-0.1, -0.05) is 48.5 Å². The minimum absolute atomic E-state index is 0.0409. The summed E-state index contributed by atoms with van der Waals surface area (Å²) in [6.45, 7) is 3.45. The van der Waals surface area contributed by atoms with Gasteiger partial charge in [-0.2, -0.15) is 0 Å². The van der Waals surface area contributed by atoms with E-state index in [4.69, 9.17) is 0 Å². The lowest BCUT2D eigenvalue weighted by Crippen LogP contribution is -2.40. The molecule has 0 saturated heterocycles. The summed E-state index contributed by atoms with van der Waals surface area (Å²) in [5.41, 5.74) is 1.89. The quantitative estimate of drug-likeness (QED) is 0.413. The van der Waals surface area contributed by atoms with Gasteiger partial charge in [0.15, 0.2) is 5.96 Å². The van der Waals surface area contributed by atoms with Gasteiger partial charge in [0.05, 0.1) is 6.04 Å². The smallest absolute Gasteiger partial charge is 0.251 e. The maximum atomic E-state index is 11.9. The van der Waals surface area contributed by atoms with Crippen LogP contribution >= 0.6 is 0 Å². The number of nitrogens with one attached hydrogen (secondary N) is 3. The number of benzene rings is 2. The highest BCUT2D eigenvalue weighted by Gasteiger charge is 2.07. The molecule has 0 aliphatic heterocycles. The van der Waals surface area contributed by atoms with Crippen molar-refractivity contribution in [1.29, 1.82) is 0 Å². The number of hydrogen-bond donors (Lipinski definition) is 3. The standard InChI is InChI=1S/C20H26N4O/c1-16(17-10-5-3-6-11-17)24-20(21-2)23-15-9-14-22-19(25)18-12-7-4-8-13-18/h3-8,10-13,16H,9,14-15H2,1-2H3,(H,22,25)(H2,21,23,24). The molecule has 5 heteroatoms. The number of carbonyl (C=O) groups excluding carboxylic acids is 1. The molecule has 2 rings (SSSR count). The highest BCUT2D eigenvalue weighted by molar-refractivity contribution is 5.94.